The van der Waals surface area contributed by atoms with Crippen molar-refractivity contribution >= 4 is 18.0 Å². The Hall–Kier alpha value is -3.03. The van der Waals surface area contributed by atoms with Gasteiger partial charge < -0.3 is 9.73 Å². The third kappa shape index (κ3) is 3.49. The number of urea groups is 1. The maximum atomic E-state index is 12.8. The number of alkyl halides is 3. The van der Waals surface area contributed by atoms with E-state index in [0.29, 0.717) is 13.0 Å². The van der Waals surface area contributed by atoms with Gasteiger partial charge in [-0.15, -0.1) is 0 Å². The molecule has 136 valence electrons. The van der Waals surface area contributed by atoms with Crippen molar-refractivity contribution in [3.05, 3.63) is 53.4 Å². The molecule has 1 fully saturated rings. The van der Waals surface area contributed by atoms with Gasteiger partial charge in [-0.3, -0.25) is 9.69 Å². The molecule has 0 aliphatic carbocycles. The van der Waals surface area contributed by atoms with Gasteiger partial charge in [0, 0.05) is 18.2 Å². The summed E-state index contributed by atoms with van der Waals surface area (Å²) in [5.74, 6) is 0.0124. The van der Waals surface area contributed by atoms with Crippen LogP contribution in [-0.2, 0) is 11.0 Å². The zero-order valence-corrected chi connectivity index (χ0v) is 13.8. The number of hydrogen-bond acceptors (Lipinski definition) is 3. The van der Waals surface area contributed by atoms with E-state index < -0.39 is 23.7 Å². The Balaban J connectivity index is 1.85. The number of halogens is 3. The van der Waals surface area contributed by atoms with E-state index >= 15 is 0 Å². The molecule has 2 heterocycles. The molecule has 1 N–H and O–H groups in total. The molecule has 1 aromatic carbocycles. The number of amides is 3. The Bertz CT molecular complexity index is 884. The number of nitrogens with one attached hydrogen (secondary N) is 1. The average Bonchev–Trinajstić information content (AvgIpc) is 3.15. The fourth-order valence-corrected chi connectivity index (χ4v) is 2.57. The van der Waals surface area contributed by atoms with Crippen molar-refractivity contribution in [3.63, 3.8) is 0 Å². The summed E-state index contributed by atoms with van der Waals surface area (Å²) in [6.07, 6.45) is -2.46. The van der Waals surface area contributed by atoms with Crippen LogP contribution in [0.4, 0.5) is 18.0 Å². The maximum absolute atomic E-state index is 12.8. The molecule has 0 atom stereocenters. The summed E-state index contributed by atoms with van der Waals surface area (Å²) in [5.41, 5.74) is -0.452. The molecule has 3 amide bonds. The topological polar surface area (TPSA) is 62.6 Å². The molecule has 1 saturated heterocycles. The van der Waals surface area contributed by atoms with Gasteiger partial charge in [-0.05, 0) is 30.7 Å². The molecule has 26 heavy (non-hydrogen) atoms. The van der Waals surface area contributed by atoms with Crippen LogP contribution in [0.3, 0.4) is 0 Å². The van der Waals surface area contributed by atoms with Crippen LogP contribution in [0, 0.1) is 0 Å². The molecule has 0 radical (unpaired) electrons. The minimum Gasteiger partial charge on any atom is -0.457 e. The Morgan fingerprint density at radius 2 is 1.96 bits per heavy atom. The molecule has 1 aliphatic rings. The zero-order chi connectivity index (χ0) is 18.9. The molecule has 0 spiro atoms. The summed E-state index contributed by atoms with van der Waals surface area (Å²) in [5, 5.41) is 2.45. The van der Waals surface area contributed by atoms with E-state index in [1.54, 1.807) is 0 Å². The van der Waals surface area contributed by atoms with E-state index in [0.717, 1.165) is 17.0 Å². The van der Waals surface area contributed by atoms with E-state index in [2.05, 4.69) is 5.32 Å². The Labute approximate surface area is 147 Å². The highest BCUT2D eigenvalue weighted by molar-refractivity contribution is 6.13. The standard InChI is InChI=1S/C18H15F3N2O3/c1-2-8-23-16(24)14(22-17(23)25)10-13-6-7-15(26-13)11-4-3-5-12(9-11)18(19,20)21/h3-7,9-10H,2,8H2,1H3,(H,22,25). The molecule has 3 rings (SSSR count). The highest BCUT2D eigenvalue weighted by Gasteiger charge is 2.33. The number of rotatable bonds is 4. The summed E-state index contributed by atoms with van der Waals surface area (Å²) >= 11 is 0. The minimum atomic E-state index is -4.45. The van der Waals surface area contributed by atoms with E-state index in [1.807, 2.05) is 6.92 Å². The molecule has 5 nitrogen and oxygen atoms in total. The third-order valence-corrected chi connectivity index (χ3v) is 3.80. The van der Waals surface area contributed by atoms with Gasteiger partial charge in [0.25, 0.3) is 5.91 Å². The van der Waals surface area contributed by atoms with Crippen LogP contribution in [-0.4, -0.2) is 23.4 Å². The van der Waals surface area contributed by atoms with Crippen molar-refractivity contribution in [1.29, 1.82) is 0 Å². The molecule has 0 bridgehead atoms. The van der Waals surface area contributed by atoms with Crippen LogP contribution < -0.4 is 5.32 Å². The van der Waals surface area contributed by atoms with E-state index in [4.69, 9.17) is 4.42 Å². The maximum Gasteiger partial charge on any atom is 0.416 e. The van der Waals surface area contributed by atoms with Crippen LogP contribution >= 0.6 is 0 Å². The number of hydrogen-bond donors (Lipinski definition) is 1. The van der Waals surface area contributed by atoms with Crippen molar-refractivity contribution in [3.8, 4) is 11.3 Å². The summed E-state index contributed by atoms with van der Waals surface area (Å²) in [6.45, 7) is 2.14. The number of furan rings is 1. The summed E-state index contributed by atoms with van der Waals surface area (Å²) in [6, 6.07) is 7.27. The van der Waals surface area contributed by atoms with Gasteiger partial charge in [-0.2, -0.15) is 13.2 Å². The van der Waals surface area contributed by atoms with Gasteiger partial charge in [0.15, 0.2) is 0 Å². The molecular weight excluding hydrogens is 349 g/mol. The average molecular weight is 364 g/mol. The lowest BCUT2D eigenvalue weighted by molar-refractivity contribution is -0.137. The van der Waals surface area contributed by atoms with Crippen LogP contribution in [0.5, 0.6) is 0 Å². The van der Waals surface area contributed by atoms with Gasteiger partial charge >= 0.3 is 12.2 Å². The van der Waals surface area contributed by atoms with Gasteiger partial charge in [-0.1, -0.05) is 19.1 Å². The van der Waals surface area contributed by atoms with Crippen LogP contribution in [0.25, 0.3) is 17.4 Å². The lowest BCUT2D eigenvalue weighted by Crippen LogP contribution is -2.31. The molecule has 0 saturated carbocycles. The number of carbonyl (C=O) groups is 2. The highest BCUT2D eigenvalue weighted by Crippen LogP contribution is 2.33. The van der Waals surface area contributed by atoms with E-state index in [1.165, 1.54) is 30.3 Å². The van der Waals surface area contributed by atoms with Gasteiger partial charge in [-0.25, -0.2) is 4.79 Å². The number of imide groups is 1. The molecule has 8 heteroatoms. The number of benzene rings is 1. The third-order valence-electron chi connectivity index (χ3n) is 3.80. The van der Waals surface area contributed by atoms with E-state index in [9.17, 15) is 22.8 Å². The fraction of sp³-hybridized carbons (Fsp3) is 0.222. The lowest BCUT2D eigenvalue weighted by Gasteiger charge is -2.08. The second kappa shape index (κ2) is 6.70. The highest BCUT2D eigenvalue weighted by atomic mass is 19.4. The summed E-state index contributed by atoms with van der Waals surface area (Å²) < 4.78 is 44.0. The predicted octanol–water partition coefficient (Wildman–Crippen LogP) is 4.27. The first kappa shape index (κ1) is 17.8. The first-order chi connectivity index (χ1) is 12.3. The van der Waals surface area contributed by atoms with Gasteiger partial charge in [0.1, 0.15) is 17.2 Å². The van der Waals surface area contributed by atoms with Crippen molar-refractivity contribution in [2.75, 3.05) is 6.54 Å². The Morgan fingerprint density at radius 3 is 2.65 bits per heavy atom. The first-order valence-corrected chi connectivity index (χ1v) is 7.91. The second-order valence-electron chi connectivity index (χ2n) is 5.73. The molecule has 0 unspecified atom stereocenters. The van der Waals surface area contributed by atoms with Gasteiger partial charge in [0.2, 0.25) is 0 Å². The second-order valence-corrected chi connectivity index (χ2v) is 5.73. The number of carbonyl (C=O) groups excluding carboxylic acids is 2. The normalized spacial score (nSPS) is 16.5. The van der Waals surface area contributed by atoms with Crippen LogP contribution in [0.1, 0.15) is 24.7 Å². The molecule has 2 aromatic rings. The molecule has 1 aromatic heterocycles. The largest absolute Gasteiger partial charge is 0.457 e. The van der Waals surface area contributed by atoms with Crippen molar-refractivity contribution in [2.24, 2.45) is 0 Å². The minimum absolute atomic E-state index is 0.0633. The van der Waals surface area contributed by atoms with Crippen molar-refractivity contribution in [2.45, 2.75) is 19.5 Å². The summed E-state index contributed by atoms with van der Waals surface area (Å²) in [4.78, 5) is 25.0. The Kier molecular flexibility index (Phi) is 4.58. The van der Waals surface area contributed by atoms with Crippen molar-refractivity contribution < 1.29 is 27.2 Å². The molecule has 1 aliphatic heterocycles. The number of nitrogens with zero attached hydrogens (tertiary/aromatic N) is 1. The lowest BCUT2D eigenvalue weighted by atomic mass is 10.1. The predicted molar refractivity (Wildman–Crippen MR) is 87.7 cm³/mol. The quantitative estimate of drug-likeness (QED) is 0.651. The summed E-state index contributed by atoms with van der Waals surface area (Å²) in [7, 11) is 0. The van der Waals surface area contributed by atoms with Crippen molar-refractivity contribution in [1.82, 2.24) is 10.2 Å². The van der Waals surface area contributed by atoms with E-state index in [-0.39, 0.29) is 22.8 Å². The molecular formula is C18H15F3N2O3. The van der Waals surface area contributed by atoms with Gasteiger partial charge in [0.05, 0.1) is 5.56 Å². The monoisotopic (exact) mass is 364 g/mol. The first-order valence-electron chi connectivity index (χ1n) is 7.91. The van der Waals surface area contributed by atoms with Crippen LogP contribution in [0.2, 0.25) is 0 Å². The van der Waals surface area contributed by atoms with Crippen LogP contribution in [0.15, 0.2) is 46.5 Å². The Morgan fingerprint density at radius 1 is 1.19 bits per heavy atom. The SMILES string of the molecule is CCCN1C(=O)NC(=Cc2ccc(-c3cccc(C(F)(F)F)c3)o2)C1=O. The fourth-order valence-electron chi connectivity index (χ4n) is 2.57. The smallest absolute Gasteiger partial charge is 0.416 e. The zero-order valence-electron chi connectivity index (χ0n) is 13.8.